The van der Waals surface area contributed by atoms with Gasteiger partial charge in [-0.05, 0) is 69.9 Å². The third-order valence-electron chi connectivity index (χ3n) is 5.25. The van der Waals surface area contributed by atoms with Crippen LogP contribution in [0, 0.1) is 0 Å². The molecule has 170 valence electrons. The molecule has 1 aliphatic heterocycles. The van der Waals surface area contributed by atoms with Gasteiger partial charge in [-0.3, -0.25) is 9.59 Å². The van der Waals surface area contributed by atoms with Gasteiger partial charge in [-0.25, -0.2) is 0 Å². The van der Waals surface area contributed by atoms with Gasteiger partial charge >= 0.3 is 0 Å². The van der Waals surface area contributed by atoms with E-state index >= 15 is 0 Å². The molecule has 3 rings (SSSR count). The number of hydrogen-bond donors (Lipinski definition) is 1. The summed E-state index contributed by atoms with van der Waals surface area (Å²) in [4.78, 5) is 29.5. The average molecular weight is 439 g/mol. The molecular weight excluding hydrogens is 408 g/mol. The van der Waals surface area contributed by atoms with Gasteiger partial charge < -0.3 is 24.4 Å². The van der Waals surface area contributed by atoms with Crippen molar-refractivity contribution in [1.29, 1.82) is 0 Å². The van der Waals surface area contributed by atoms with E-state index in [1.54, 1.807) is 24.3 Å². The van der Waals surface area contributed by atoms with E-state index in [2.05, 4.69) is 0 Å². The Labute approximate surface area is 188 Å². The third-order valence-corrected chi connectivity index (χ3v) is 5.25. The number of Topliss-reactive ketones (excluding diaryl/α,β-unsaturated/α-hetero) is 1. The third kappa shape index (κ3) is 4.94. The Bertz CT molecular complexity index is 998. The molecule has 7 nitrogen and oxygen atoms in total. The first-order valence-electron chi connectivity index (χ1n) is 10.8. The molecule has 0 bridgehead atoms. The molecule has 0 spiro atoms. The second-order valence-electron chi connectivity index (χ2n) is 7.76. The van der Waals surface area contributed by atoms with Crippen molar-refractivity contribution in [3.8, 4) is 11.5 Å². The minimum absolute atomic E-state index is 0.0755. The lowest BCUT2D eigenvalue weighted by atomic mass is 9.95. The van der Waals surface area contributed by atoms with Crippen molar-refractivity contribution in [2.45, 2.75) is 19.9 Å². The van der Waals surface area contributed by atoms with Gasteiger partial charge in [0.05, 0.1) is 24.8 Å². The number of rotatable bonds is 9. The van der Waals surface area contributed by atoms with Gasteiger partial charge in [-0.15, -0.1) is 0 Å². The Morgan fingerprint density at radius 3 is 2.28 bits per heavy atom. The van der Waals surface area contributed by atoms with Gasteiger partial charge in [-0.2, -0.15) is 0 Å². The van der Waals surface area contributed by atoms with Crippen LogP contribution in [0.5, 0.6) is 11.5 Å². The maximum absolute atomic E-state index is 13.1. The lowest BCUT2D eigenvalue weighted by molar-refractivity contribution is -0.140. The van der Waals surface area contributed by atoms with Crippen molar-refractivity contribution >= 4 is 17.4 Å². The summed E-state index contributed by atoms with van der Waals surface area (Å²) in [5.74, 6) is -0.209. The number of aliphatic hydroxyl groups excluding tert-OH is 1. The van der Waals surface area contributed by atoms with Crippen LogP contribution < -0.4 is 9.47 Å². The monoisotopic (exact) mass is 438 g/mol. The van der Waals surface area contributed by atoms with Gasteiger partial charge in [0.15, 0.2) is 0 Å². The highest BCUT2D eigenvalue weighted by Gasteiger charge is 2.46. The van der Waals surface area contributed by atoms with E-state index in [4.69, 9.17) is 9.47 Å². The predicted molar refractivity (Wildman–Crippen MR) is 123 cm³/mol. The van der Waals surface area contributed by atoms with Crippen LogP contribution in [0.2, 0.25) is 0 Å². The fraction of sp³-hybridized carbons (Fsp3) is 0.360. The van der Waals surface area contributed by atoms with Crippen LogP contribution in [0.15, 0.2) is 54.1 Å². The fourth-order valence-corrected chi connectivity index (χ4v) is 3.74. The Morgan fingerprint density at radius 2 is 1.66 bits per heavy atom. The number of ketones is 1. The zero-order valence-electron chi connectivity index (χ0n) is 19.0. The van der Waals surface area contributed by atoms with Crippen LogP contribution >= 0.6 is 0 Å². The van der Waals surface area contributed by atoms with Gasteiger partial charge in [0.25, 0.3) is 11.7 Å². The number of nitrogens with zero attached hydrogens (tertiary/aromatic N) is 2. The average Bonchev–Trinajstić information content (AvgIpc) is 3.03. The topological polar surface area (TPSA) is 79.3 Å². The zero-order chi connectivity index (χ0) is 23.3. The molecule has 0 aliphatic carbocycles. The molecule has 32 heavy (non-hydrogen) atoms. The highest BCUT2D eigenvalue weighted by atomic mass is 16.5. The molecule has 1 heterocycles. The smallest absolute Gasteiger partial charge is 0.295 e. The number of carbonyl (C=O) groups is 2. The summed E-state index contributed by atoms with van der Waals surface area (Å²) >= 11 is 0. The lowest BCUT2D eigenvalue weighted by Crippen LogP contribution is -2.35. The van der Waals surface area contributed by atoms with Crippen molar-refractivity contribution in [3.05, 3.63) is 65.2 Å². The van der Waals surface area contributed by atoms with Crippen molar-refractivity contribution in [2.75, 3.05) is 40.4 Å². The first-order chi connectivity index (χ1) is 15.4. The second kappa shape index (κ2) is 10.3. The largest absolute Gasteiger partial charge is 0.507 e. The summed E-state index contributed by atoms with van der Waals surface area (Å²) in [5, 5.41) is 11.1. The van der Waals surface area contributed by atoms with E-state index in [9.17, 15) is 14.7 Å². The number of likely N-dealkylation sites (tertiary alicyclic amines) is 1. The summed E-state index contributed by atoms with van der Waals surface area (Å²) in [6, 6.07) is 13.4. The normalized spacial score (nSPS) is 17.8. The molecule has 0 aromatic heterocycles. The predicted octanol–water partition coefficient (Wildman–Crippen LogP) is 3.47. The molecule has 1 aliphatic rings. The Kier molecular flexibility index (Phi) is 7.53. The molecule has 0 saturated carbocycles. The number of benzene rings is 2. The van der Waals surface area contributed by atoms with Gasteiger partial charge in [-0.1, -0.05) is 12.1 Å². The van der Waals surface area contributed by atoms with E-state index in [0.29, 0.717) is 48.9 Å². The van der Waals surface area contributed by atoms with Crippen LogP contribution in [0.1, 0.15) is 31.0 Å². The van der Waals surface area contributed by atoms with E-state index in [0.717, 1.165) is 0 Å². The Hall–Kier alpha value is -3.32. The van der Waals surface area contributed by atoms with E-state index < -0.39 is 17.7 Å². The van der Waals surface area contributed by atoms with Crippen LogP contribution in [-0.2, 0) is 9.59 Å². The van der Waals surface area contributed by atoms with E-state index in [-0.39, 0.29) is 11.3 Å². The van der Waals surface area contributed by atoms with Crippen molar-refractivity contribution in [2.24, 2.45) is 0 Å². The molecule has 1 atom stereocenters. The van der Waals surface area contributed by atoms with E-state index in [1.165, 1.54) is 4.90 Å². The number of likely N-dealkylation sites (N-methyl/N-ethyl adjacent to an activating group) is 1. The molecule has 1 saturated heterocycles. The summed E-state index contributed by atoms with van der Waals surface area (Å²) < 4.78 is 11.1. The Balaban J connectivity index is 2.10. The summed E-state index contributed by atoms with van der Waals surface area (Å²) in [6.45, 7) is 5.73. The van der Waals surface area contributed by atoms with Crippen LogP contribution in [0.3, 0.4) is 0 Å². The minimum atomic E-state index is -0.707. The summed E-state index contributed by atoms with van der Waals surface area (Å²) in [6.07, 6.45) is 0. The Morgan fingerprint density at radius 1 is 1.00 bits per heavy atom. The zero-order valence-corrected chi connectivity index (χ0v) is 19.0. The molecule has 0 radical (unpaired) electrons. The molecule has 2 aromatic rings. The van der Waals surface area contributed by atoms with Crippen LogP contribution in [0.4, 0.5) is 0 Å². The molecule has 1 N–H and O–H groups in total. The molecule has 7 heteroatoms. The maximum Gasteiger partial charge on any atom is 0.295 e. The van der Waals surface area contributed by atoms with Crippen molar-refractivity contribution in [3.63, 3.8) is 0 Å². The van der Waals surface area contributed by atoms with Gasteiger partial charge in [0.1, 0.15) is 17.3 Å². The molecule has 1 amide bonds. The lowest BCUT2D eigenvalue weighted by Gasteiger charge is -2.27. The SMILES string of the molecule is CCOc1ccc(/C(O)=C2/C(=O)C(=O)N(CCN(C)C)C2c2cccc(OCC)c2)cc1. The molecule has 1 unspecified atom stereocenters. The quantitative estimate of drug-likeness (QED) is 0.367. The number of hydrogen-bond acceptors (Lipinski definition) is 6. The number of carbonyl (C=O) groups excluding carboxylic acids is 2. The maximum atomic E-state index is 13.1. The first kappa shape index (κ1) is 23.3. The highest BCUT2D eigenvalue weighted by molar-refractivity contribution is 6.46. The number of ether oxygens (including phenoxy) is 2. The summed E-state index contributed by atoms with van der Waals surface area (Å²) in [5.41, 5.74) is 1.23. The number of amides is 1. The fourth-order valence-electron chi connectivity index (χ4n) is 3.74. The molecular formula is C25H30N2O5. The second-order valence-corrected chi connectivity index (χ2v) is 7.76. The minimum Gasteiger partial charge on any atom is -0.507 e. The van der Waals surface area contributed by atoms with E-state index in [1.807, 2.05) is 57.1 Å². The summed E-state index contributed by atoms with van der Waals surface area (Å²) in [7, 11) is 3.81. The van der Waals surface area contributed by atoms with Crippen LogP contribution in [-0.4, -0.2) is 67.0 Å². The number of aliphatic hydroxyl groups is 1. The standard InChI is InChI=1S/C25H30N2O5/c1-5-31-19-12-10-17(11-13-19)23(28)21-22(18-8-7-9-20(16-18)32-6-2)27(15-14-26(3)4)25(30)24(21)29/h7-13,16,22,28H,5-6,14-15H2,1-4H3/b23-21-. The molecule has 1 fully saturated rings. The van der Waals surface area contributed by atoms with Crippen molar-refractivity contribution in [1.82, 2.24) is 9.80 Å². The van der Waals surface area contributed by atoms with Crippen molar-refractivity contribution < 1.29 is 24.2 Å². The highest BCUT2D eigenvalue weighted by Crippen LogP contribution is 2.40. The first-order valence-corrected chi connectivity index (χ1v) is 10.8. The van der Waals surface area contributed by atoms with Crippen LogP contribution in [0.25, 0.3) is 5.76 Å². The van der Waals surface area contributed by atoms with Gasteiger partial charge in [0, 0.05) is 18.7 Å². The molecule has 2 aromatic carbocycles. The van der Waals surface area contributed by atoms with Gasteiger partial charge in [0.2, 0.25) is 0 Å².